The largest absolute Gasteiger partial charge is 0.364 e. The topological polar surface area (TPSA) is 103 Å². The number of aromatic amines is 1. The number of benzene rings is 1. The number of rotatable bonds is 5. The highest BCUT2D eigenvalue weighted by Gasteiger charge is 2.43. The second kappa shape index (κ2) is 8.15. The number of fused-ring (bicyclic) bond motifs is 3. The lowest BCUT2D eigenvalue weighted by molar-refractivity contribution is 0.0958. The molecule has 9 nitrogen and oxygen atoms in total. The molecule has 2 unspecified atom stereocenters. The van der Waals surface area contributed by atoms with E-state index >= 15 is 0 Å². The fourth-order valence-corrected chi connectivity index (χ4v) is 5.27. The predicted octanol–water partition coefficient (Wildman–Crippen LogP) is 1.24. The van der Waals surface area contributed by atoms with Crippen LogP contribution in [0.15, 0.2) is 39.9 Å². The third kappa shape index (κ3) is 3.62. The SMILES string of the molecule is CCn1c(=O)[nH]c2cc(CN3CC4CC3CN4c3ccc(C(=O)NC)nc3C)ccc2c1=O. The van der Waals surface area contributed by atoms with Crippen LogP contribution in [0.2, 0.25) is 0 Å². The van der Waals surface area contributed by atoms with Gasteiger partial charge in [-0.05, 0) is 50.1 Å². The third-order valence-electron chi connectivity index (χ3n) is 6.93. The van der Waals surface area contributed by atoms with Gasteiger partial charge in [0.2, 0.25) is 0 Å². The molecule has 2 fully saturated rings. The molecule has 2 aliphatic rings. The van der Waals surface area contributed by atoms with E-state index in [1.165, 1.54) is 4.57 Å². The van der Waals surface area contributed by atoms with Gasteiger partial charge in [-0.1, -0.05) is 6.07 Å². The maximum atomic E-state index is 12.5. The number of nitrogens with one attached hydrogen (secondary N) is 2. The van der Waals surface area contributed by atoms with Crippen LogP contribution in [0.4, 0.5) is 5.69 Å². The first-order chi connectivity index (χ1) is 15.9. The van der Waals surface area contributed by atoms with Crippen molar-refractivity contribution in [3.8, 4) is 0 Å². The first-order valence-corrected chi connectivity index (χ1v) is 11.4. The molecule has 3 aromatic rings. The Hall–Kier alpha value is -3.46. The summed E-state index contributed by atoms with van der Waals surface area (Å²) in [6, 6.07) is 10.3. The van der Waals surface area contributed by atoms with Crippen LogP contribution >= 0.6 is 0 Å². The Labute approximate surface area is 191 Å². The molecule has 2 atom stereocenters. The fraction of sp³-hybridized carbons (Fsp3) is 0.417. The molecule has 2 bridgehead atoms. The molecule has 172 valence electrons. The normalized spacial score (nSPS) is 20.0. The van der Waals surface area contributed by atoms with Gasteiger partial charge in [0.1, 0.15) is 5.69 Å². The lowest BCUT2D eigenvalue weighted by Gasteiger charge is -2.36. The molecule has 5 rings (SSSR count). The Morgan fingerprint density at radius 2 is 2.00 bits per heavy atom. The van der Waals surface area contributed by atoms with Gasteiger partial charge < -0.3 is 15.2 Å². The van der Waals surface area contributed by atoms with Crippen molar-refractivity contribution < 1.29 is 4.79 Å². The molecular formula is C24H28N6O3. The molecule has 33 heavy (non-hydrogen) atoms. The molecule has 2 saturated heterocycles. The van der Waals surface area contributed by atoms with Crippen molar-refractivity contribution in [1.29, 1.82) is 0 Å². The molecule has 2 N–H and O–H groups in total. The molecule has 4 heterocycles. The second-order valence-electron chi connectivity index (χ2n) is 8.86. The highest BCUT2D eigenvalue weighted by Crippen LogP contribution is 2.36. The van der Waals surface area contributed by atoms with Crippen LogP contribution in [0.5, 0.6) is 0 Å². The minimum absolute atomic E-state index is 0.177. The zero-order valence-electron chi connectivity index (χ0n) is 19.1. The van der Waals surface area contributed by atoms with Gasteiger partial charge in [-0.25, -0.2) is 9.78 Å². The standard InChI is InChI=1S/C24H28N6O3/c1-4-29-23(32)18-6-5-15(9-20(18)27-24(29)33)11-28-12-17-10-16(28)13-30(17)21-8-7-19(22(31)25-3)26-14(21)2/h5-9,16-17H,4,10-13H2,1-3H3,(H,25,31)(H,27,33). The van der Waals surface area contributed by atoms with E-state index in [0.717, 1.165) is 43.0 Å². The van der Waals surface area contributed by atoms with Crippen molar-refractivity contribution in [2.24, 2.45) is 0 Å². The zero-order chi connectivity index (χ0) is 23.3. The van der Waals surface area contributed by atoms with Crippen LogP contribution in [-0.2, 0) is 13.1 Å². The Kier molecular flexibility index (Phi) is 5.28. The molecule has 1 aromatic carbocycles. The van der Waals surface area contributed by atoms with Crippen molar-refractivity contribution in [3.05, 3.63) is 68.1 Å². The number of carbonyl (C=O) groups excluding carboxylic acids is 1. The number of piperazine rings is 1. The number of aryl methyl sites for hydroxylation is 1. The molecule has 9 heteroatoms. The number of pyridine rings is 1. The monoisotopic (exact) mass is 448 g/mol. The van der Waals surface area contributed by atoms with Gasteiger partial charge in [-0.15, -0.1) is 0 Å². The lowest BCUT2D eigenvalue weighted by Crippen LogP contribution is -2.46. The predicted molar refractivity (Wildman–Crippen MR) is 127 cm³/mol. The summed E-state index contributed by atoms with van der Waals surface area (Å²) in [5.74, 6) is -0.177. The Morgan fingerprint density at radius 3 is 2.67 bits per heavy atom. The quantitative estimate of drug-likeness (QED) is 0.609. The van der Waals surface area contributed by atoms with Gasteiger partial charge in [0, 0.05) is 45.3 Å². The maximum absolute atomic E-state index is 12.5. The van der Waals surface area contributed by atoms with E-state index in [-0.39, 0.29) is 17.2 Å². The number of anilines is 1. The molecule has 0 aliphatic carbocycles. The van der Waals surface area contributed by atoms with Crippen LogP contribution in [0.3, 0.4) is 0 Å². The van der Waals surface area contributed by atoms with Crippen molar-refractivity contribution in [2.75, 3.05) is 25.0 Å². The minimum atomic E-state index is -0.366. The second-order valence-corrected chi connectivity index (χ2v) is 8.86. The summed E-state index contributed by atoms with van der Waals surface area (Å²) < 4.78 is 1.22. The lowest BCUT2D eigenvalue weighted by atomic mass is 10.1. The third-order valence-corrected chi connectivity index (χ3v) is 6.93. The number of likely N-dealkylation sites (tertiary alicyclic amines) is 1. The van der Waals surface area contributed by atoms with Gasteiger partial charge in [0.05, 0.1) is 22.3 Å². The van der Waals surface area contributed by atoms with Gasteiger partial charge in [0.15, 0.2) is 0 Å². The highest BCUT2D eigenvalue weighted by atomic mass is 16.2. The minimum Gasteiger partial charge on any atom is -0.364 e. The molecule has 1 amide bonds. The number of hydrogen-bond donors (Lipinski definition) is 2. The van der Waals surface area contributed by atoms with Crippen LogP contribution < -0.4 is 21.5 Å². The number of nitrogens with zero attached hydrogens (tertiary/aromatic N) is 4. The Morgan fingerprint density at radius 1 is 1.18 bits per heavy atom. The van der Waals surface area contributed by atoms with E-state index in [1.807, 2.05) is 31.2 Å². The van der Waals surface area contributed by atoms with Gasteiger partial charge in [0.25, 0.3) is 11.5 Å². The Bertz CT molecular complexity index is 1360. The number of H-pyrrole nitrogens is 1. The molecular weight excluding hydrogens is 420 g/mol. The van der Waals surface area contributed by atoms with Crippen molar-refractivity contribution in [1.82, 2.24) is 24.8 Å². The average Bonchev–Trinajstić information content (AvgIpc) is 3.39. The first kappa shape index (κ1) is 21.4. The summed E-state index contributed by atoms with van der Waals surface area (Å²) >= 11 is 0. The average molecular weight is 449 g/mol. The van der Waals surface area contributed by atoms with Crippen LogP contribution in [0.25, 0.3) is 10.9 Å². The molecule has 0 saturated carbocycles. The van der Waals surface area contributed by atoms with Crippen LogP contribution in [0.1, 0.15) is 35.1 Å². The van der Waals surface area contributed by atoms with Gasteiger partial charge in [-0.2, -0.15) is 0 Å². The van der Waals surface area contributed by atoms with E-state index in [0.29, 0.717) is 35.2 Å². The highest BCUT2D eigenvalue weighted by molar-refractivity contribution is 5.92. The molecule has 2 aliphatic heterocycles. The smallest absolute Gasteiger partial charge is 0.328 e. The fourth-order valence-electron chi connectivity index (χ4n) is 5.27. The number of hydrogen-bond acceptors (Lipinski definition) is 6. The van der Waals surface area contributed by atoms with Crippen LogP contribution in [-0.4, -0.2) is 57.6 Å². The van der Waals surface area contributed by atoms with Gasteiger partial charge in [-0.3, -0.25) is 19.1 Å². The first-order valence-electron chi connectivity index (χ1n) is 11.4. The molecule has 2 aromatic heterocycles. The van der Waals surface area contributed by atoms with E-state index < -0.39 is 0 Å². The summed E-state index contributed by atoms with van der Waals surface area (Å²) in [4.78, 5) is 48.8. The van der Waals surface area contributed by atoms with Crippen molar-refractivity contribution in [3.63, 3.8) is 0 Å². The Balaban J connectivity index is 1.32. The van der Waals surface area contributed by atoms with E-state index in [1.54, 1.807) is 20.0 Å². The van der Waals surface area contributed by atoms with E-state index in [2.05, 4.69) is 25.1 Å². The summed E-state index contributed by atoms with van der Waals surface area (Å²) in [5, 5.41) is 3.16. The summed E-state index contributed by atoms with van der Waals surface area (Å²) in [6.45, 7) is 6.72. The van der Waals surface area contributed by atoms with Crippen molar-refractivity contribution in [2.45, 2.75) is 45.4 Å². The number of amides is 1. The summed E-state index contributed by atoms with van der Waals surface area (Å²) in [5.41, 5.74) is 3.45. The van der Waals surface area contributed by atoms with Crippen molar-refractivity contribution >= 4 is 22.5 Å². The van der Waals surface area contributed by atoms with Crippen LogP contribution in [0, 0.1) is 6.92 Å². The zero-order valence-corrected chi connectivity index (χ0v) is 19.1. The molecule has 0 spiro atoms. The van der Waals surface area contributed by atoms with E-state index in [9.17, 15) is 14.4 Å². The number of carbonyl (C=O) groups is 1. The van der Waals surface area contributed by atoms with Gasteiger partial charge >= 0.3 is 5.69 Å². The maximum Gasteiger partial charge on any atom is 0.328 e. The molecule has 0 radical (unpaired) electrons. The summed E-state index contributed by atoms with van der Waals surface area (Å²) in [6.07, 6.45) is 1.09. The van der Waals surface area contributed by atoms with E-state index in [4.69, 9.17) is 0 Å². The summed E-state index contributed by atoms with van der Waals surface area (Å²) in [7, 11) is 1.61. The number of aromatic nitrogens is 3.